The highest BCUT2D eigenvalue weighted by Gasteiger charge is 2.12. The van der Waals surface area contributed by atoms with Gasteiger partial charge in [0.15, 0.2) is 6.61 Å². The first-order valence-corrected chi connectivity index (χ1v) is 10.2. The van der Waals surface area contributed by atoms with Crippen molar-refractivity contribution < 1.29 is 19.1 Å². The van der Waals surface area contributed by atoms with Crippen molar-refractivity contribution in [2.45, 2.75) is 0 Å². The van der Waals surface area contributed by atoms with Gasteiger partial charge >= 0.3 is 0 Å². The molecule has 0 bridgehead atoms. The Hall–Kier alpha value is -4.28. The maximum absolute atomic E-state index is 12.5. The third-order valence-corrected chi connectivity index (χ3v) is 4.66. The zero-order chi connectivity index (χ0) is 23.6. The summed E-state index contributed by atoms with van der Waals surface area (Å²) in [6.45, 7) is -0.178. The van der Waals surface area contributed by atoms with E-state index in [9.17, 15) is 14.9 Å². The normalized spacial score (nSPS) is 10.6. The number of methoxy groups -OCH3 is 1. The summed E-state index contributed by atoms with van der Waals surface area (Å²) in [5, 5.41) is 15.4. The average Bonchev–Trinajstić information content (AvgIpc) is 2.83. The molecule has 8 heteroatoms. The summed E-state index contributed by atoms with van der Waals surface area (Å²) in [6, 6.07) is 22.2. The summed E-state index contributed by atoms with van der Waals surface area (Å²) in [5.41, 5.74) is 1.63. The van der Waals surface area contributed by atoms with Crippen molar-refractivity contribution in [3.8, 4) is 17.6 Å². The Balaban J connectivity index is 1.58. The van der Waals surface area contributed by atoms with Crippen LogP contribution < -0.4 is 20.1 Å². The van der Waals surface area contributed by atoms with Crippen molar-refractivity contribution in [3.63, 3.8) is 0 Å². The molecule has 0 saturated carbocycles. The first-order chi connectivity index (χ1) is 16.0. The van der Waals surface area contributed by atoms with E-state index < -0.39 is 5.91 Å². The van der Waals surface area contributed by atoms with Gasteiger partial charge in [-0.2, -0.15) is 5.26 Å². The lowest BCUT2D eigenvalue weighted by Crippen LogP contribution is -2.20. The highest BCUT2D eigenvalue weighted by Crippen LogP contribution is 2.24. The number of hydrogen-bond donors (Lipinski definition) is 2. The zero-order valence-corrected chi connectivity index (χ0v) is 18.4. The van der Waals surface area contributed by atoms with E-state index in [0.29, 0.717) is 33.5 Å². The fourth-order valence-corrected chi connectivity index (χ4v) is 2.92. The predicted octanol–water partition coefficient (Wildman–Crippen LogP) is 4.91. The molecule has 0 spiro atoms. The Kier molecular flexibility index (Phi) is 8.06. The number of carbonyl (C=O) groups excluding carboxylic acids is 2. The van der Waals surface area contributed by atoms with Crippen LogP contribution in [0, 0.1) is 11.3 Å². The molecule has 7 nitrogen and oxygen atoms in total. The number of anilines is 2. The lowest BCUT2D eigenvalue weighted by molar-refractivity contribution is -0.118. The number of para-hydroxylation sites is 2. The van der Waals surface area contributed by atoms with Gasteiger partial charge in [-0.3, -0.25) is 9.59 Å². The first-order valence-electron chi connectivity index (χ1n) is 9.83. The highest BCUT2D eigenvalue weighted by atomic mass is 35.5. The van der Waals surface area contributed by atoms with Crippen LogP contribution in [0.4, 0.5) is 11.4 Å². The van der Waals surface area contributed by atoms with Crippen molar-refractivity contribution >= 4 is 40.9 Å². The summed E-state index contributed by atoms with van der Waals surface area (Å²) >= 11 is 5.82. The van der Waals surface area contributed by atoms with E-state index in [-0.39, 0.29) is 18.1 Å². The molecule has 0 saturated heterocycles. The van der Waals surface area contributed by atoms with Crippen LogP contribution in [0.1, 0.15) is 5.56 Å². The third-order valence-electron chi connectivity index (χ3n) is 4.41. The molecule has 0 unspecified atom stereocenters. The van der Waals surface area contributed by atoms with Crippen LogP contribution in [-0.4, -0.2) is 25.5 Å². The minimum atomic E-state index is -0.554. The van der Waals surface area contributed by atoms with Gasteiger partial charge in [-0.15, -0.1) is 0 Å². The van der Waals surface area contributed by atoms with E-state index in [0.717, 1.165) is 0 Å². The molecular formula is C25H20ClN3O4. The minimum absolute atomic E-state index is 0.0723. The van der Waals surface area contributed by atoms with Crippen LogP contribution in [0.2, 0.25) is 5.02 Å². The quantitative estimate of drug-likeness (QED) is 0.366. The van der Waals surface area contributed by atoms with E-state index in [1.807, 2.05) is 6.07 Å². The molecular weight excluding hydrogens is 442 g/mol. The monoisotopic (exact) mass is 461 g/mol. The topological polar surface area (TPSA) is 100 Å². The molecule has 0 radical (unpaired) electrons. The maximum atomic E-state index is 12.5. The number of ether oxygens (including phenoxy) is 2. The van der Waals surface area contributed by atoms with E-state index in [1.54, 1.807) is 72.8 Å². The van der Waals surface area contributed by atoms with Crippen LogP contribution >= 0.6 is 11.6 Å². The van der Waals surface area contributed by atoms with E-state index in [2.05, 4.69) is 10.6 Å². The van der Waals surface area contributed by atoms with Crippen LogP contribution in [0.25, 0.3) is 6.08 Å². The van der Waals surface area contributed by atoms with Crippen molar-refractivity contribution in [1.82, 2.24) is 0 Å². The Morgan fingerprint density at radius 2 is 1.70 bits per heavy atom. The van der Waals surface area contributed by atoms with Gasteiger partial charge < -0.3 is 20.1 Å². The third kappa shape index (κ3) is 6.86. The molecule has 3 rings (SSSR count). The van der Waals surface area contributed by atoms with Gasteiger partial charge in [0.1, 0.15) is 23.1 Å². The Labute approximate surface area is 196 Å². The molecule has 0 aliphatic carbocycles. The summed E-state index contributed by atoms with van der Waals surface area (Å²) in [4.78, 5) is 24.5. The summed E-state index contributed by atoms with van der Waals surface area (Å²) in [5.74, 6) is 0.0856. The van der Waals surface area contributed by atoms with Crippen LogP contribution in [-0.2, 0) is 9.59 Å². The largest absolute Gasteiger partial charge is 0.495 e. The molecule has 3 aromatic carbocycles. The van der Waals surface area contributed by atoms with Gasteiger partial charge in [0.05, 0.1) is 12.8 Å². The average molecular weight is 462 g/mol. The summed E-state index contributed by atoms with van der Waals surface area (Å²) in [7, 11) is 1.50. The van der Waals surface area contributed by atoms with Crippen molar-refractivity contribution in [1.29, 1.82) is 5.26 Å². The van der Waals surface area contributed by atoms with Crippen LogP contribution in [0.5, 0.6) is 11.5 Å². The molecule has 0 fully saturated rings. The van der Waals surface area contributed by atoms with Gasteiger partial charge in [-0.1, -0.05) is 35.9 Å². The lowest BCUT2D eigenvalue weighted by atomic mass is 10.1. The van der Waals surface area contributed by atoms with Gasteiger partial charge in [-0.05, 0) is 60.2 Å². The number of nitrogens with zero attached hydrogens (tertiary/aromatic N) is 1. The molecule has 0 aliphatic heterocycles. The molecule has 2 N–H and O–H groups in total. The van der Waals surface area contributed by atoms with Crippen molar-refractivity contribution in [3.05, 3.63) is 89.0 Å². The molecule has 0 aromatic heterocycles. The molecule has 33 heavy (non-hydrogen) atoms. The van der Waals surface area contributed by atoms with Gasteiger partial charge in [0.2, 0.25) is 0 Å². The van der Waals surface area contributed by atoms with Crippen LogP contribution in [0.3, 0.4) is 0 Å². The second kappa shape index (κ2) is 11.4. The van der Waals surface area contributed by atoms with Crippen LogP contribution in [0.15, 0.2) is 78.4 Å². The molecule has 2 amide bonds. The number of rotatable bonds is 8. The SMILES string of the molecule is COc1ccccc1NC(=O)/C(C#N)=C/c1ccc(OCC(=O)Nc2ccc(Cl)cc2)cc1. The Morgan fingerprint density at radius 1 is 1.00 bits per heavy atom. The van der Waals surface area contributed by atoms with Gasteiger partial charge in [-0.25, -0.2) is 0 Å². The number of amides is 2. The number of halogens is 1. The van der Waals surface area contributed by atoms with E-state index in [4.69, 9.17) is 21.1 Å². The van der Waals surface area contributed by atoms with Gasteiger partial charge in [0, 0.05) is 10.7 Å². The zero-order valence-electron chi connectivity index (χ0n) is 17.7. The number of nitrogens with one attached hydrogen (secondary N) is 2. The molecule has 0 aliphatic rings. The fraction of sp³-hybridized carbons (Fsp3) is 0.0800. The molecule has 166 valence electrons. The van der Waals surface area contributed by atoms with Gasteiger partial charge in [0.25, 0.3) is 11.8 Å². The van der Waals surface area contributed by atoms with Crippen molar-refractivity contribution in [2.24, 2.45) is 0 Å². The fourth-order valence-electron chi connectivity index (χ4n) is 2.79. The van der Waals surface area contributed by atoms with E-state index in [1.165, 1.54) is 13.2 Å². The lowest BCUT2D eigenvalue weighted by Gasteiger charge is -2.09. The molecule has 0 heterocycles. The number of carbonyl (C=O) groups is 2. The first kappa shape index (κ1) is 23.4. The second-order valence-corrected chi connectivity index (χ2v) is 7.17. The Morgan fingerprint density at radius 3 is 2.36 bits per heavy atom. The highest BCUT2D eigenvalue weighted by molar-refractivity contribution is 6.30. The number of benzene rings is 3. The second-order valence-electron chi connectivity index (χ2n) is 6.74. The smallest absolute Gasteiger partial charge is 0.266 e. The number of hydrogen-bond acceptors (Lipinski definition) is 5. The molecule has 3 aromatic rings. The maximum Gasteiger partial charge on any atom is 0.266 e. The molecule has 0 atom stereocenters. The van der Waals surface area contributed by atoms with Crippen molar-refractivity contribution in [2.75, 3.05) is 24.4 Å². The van der Waals surface area contributed by atoms with E-state index >= 15 is 0 Å². The standard InChI is InChI=1S/C25H20ClN3O4/c1-32-23-5-3-2-4-22(23)29-25(31)18(15-27)14-17-6-12-21(13-7-17)33-16-24(30)28-20-10-8-19(26)9-11-20/h2-14H,16H2,1H3,(H,28,30)(H,29,31)/b18-14+. The summed E-state index contributed by atoms with van der Waals surface area (Å²) < 4.78 is 10.7. The predicted molar refractivity (Wildman–Crippen MR) is 127 cm³/mol. The number of nitriles is 1. The Bertz CT molecular complexity index is 1200. The summed E-state index contributed by atoms with van der Waals surface area (Å²) in [6.07, 6.45) is 1.46. The minimum Gasteiger partial charge on any atom is -0.495 e.